The lowest BCUT2D eigenvalue weighted by atomic mass is 9.95. The monoisotopic (exact) mass is 365 g/mol. The highest BCUT2D eigenvalue weighted by Crippen LogP contribution is 2.42. The predicted octanol–water partition coefficient (Wildman–Crippen LogP) is 2.53. The third-order valence-corrected chi connectivity index (χ3v) is 3.83. The van der Waals surface area contributed by atoms with Crippen molar-refractivity contribution in [3.63, 3.8) is 0 Å². The van der Waals surface area contributed by atoms with Crippen LogP contribution >= 0.6 is 0 Å². The molecule has 0 spiro atoms. The maximum absolute atomic E-state index is 13.2. The topological polar surface area (TPSA) is 93.3 Å². The molecule has 7 nitrogen and oxygen atoms in total. The first-order valence-corrected chi connectivity index (χ1v) is 7.93. The summed E-state index contributed by atoms with van der Waals surface area (Å²) in [7, 11) is 0. The molecule has 1 aliphatic heterocycles. The summed E-state index contributed by atoms with van der Waals surface area (Å²) in [5.74, 6) is -0.463. The zero-order valence-electron chi connectivity index (χ0n) is 14.3. The van der Waals surface area contributed by atoms with Crippen LogP contribution in [0.2, 0.25) is 0 Å². The zero-order valence-corrected chi connectivity index (χ0v) is 14.3. The Hall–Kier alpha value is -2.97. The van der Waals surface area contributed by atoms with E-state index in [2.05, 4.69) is 24.8 Å². The lowest BCUT2D eigenvalue weighted by molar-refractivity contribution is -0.286. The van der Waals surface area contributed by atoms with Crippen molar-refractivity contribution in [2.24, 2.45) is 5.92 Å². The van der Waals surface area contributed by atoms with Gasteiger partial charge in [0.2, 0.25) is 0 Å². The normalized spacial score (nSPS) is 15.8. The molecule has 1 aliphatic rings. The van der Waals surface area contributed by atoms with Crippen molar-refractivity contribution in [3.05, 3.63) is 51.7 Å². The molecule has 0 saturated heterocycles. The van der Waals surface area contributed by atoms with Gasteiger partial charge >= 0.3 is 6.29 Å². The number of carbonyl (C=O) groups excluding carboxylic acids is 1. The number of fused-ring (bicyclic) bond motifs is 1. The molecule has 0 fully saturated rings. The Morgan fingerprint density at radius 3 is 2.58 bits per heavy atom. The number of rotatable bonds is 4. The molecule has 0 bridgehead atoms. The van der Waals surface area contributed by atoms with E-state index in [9.17, 15) is 18.4 Å². The summed E-state index contributed by atoms with van der Waals surface area (Å²) in [4.78, 5) is 30.5. The van der Waals surface area contributed by atoms with Crippen molar-refractivity contribution in [1.82, 2.24) is 15.3 Å². The van der Waals surface area contributed by atoms with E-state index in [4.69, 9.17) is 0 Å². The minimum Gasteiger partial charge on any atom is -0.395 e. The highest BCUT2D eigenvalue weighted by molar-refractivity contribution is 5.92. The Kier molecular flexibility index (Phi) is 4.39. The van der Waals surface area contributed by atoms with Crippen molar-refractivity contribution in [2.75, 3.05) is 0 Å². The number of amides is 1. The van der Waals surface area contributed by atoms with Crippen LogP contribution in [-0.2, 0) is 0 Å². The van der Waals surface area contributed by atoms with Gasteiger partial charge in [0.1, 0.15) is 11.5 Å². The van der Waals surface area contributed by atoms with Gasteiger partial charge in [0.15, 0.2) is 11.5 Å². The molecule has 138 valence electrons. The molecule has 0 saturated carbocycles. The molecule has 1 atom stereocenters. The minimum atomic E-state index is -3.70. The second kappa shape index (κ2) is 6.40. The molecular weight excluding hydrogens is 348 g/mol. The molecule has 2 heterocycles. The first kappa shape index (κ1) is 17.8. The fourth-order valence-corrected chi connectivity index (χ4v) is 2.70. The van der Waals surface area contributed by atoms with Gasteiger partial charge < -0.3 is 19.8 Å². The molecule has 0 radical (unpaired) electrons. The standard InChI is InChI=1S/C17H17F2N3O4/c1-8(2)15(22-16(24)11-7-14(23)21-9(3)20-11)10-4-5-12-13(6-10)26-17(18,19)25-12/h4-8,15H,1-3H3,(H,22,24)(H,20,21,23)/t15-/m1/s1. The van der Waals surface area contributed by atoms with Crippen LogP contribution in [0.3, 0.4) is 0 Å². The molecule has 26 heavy (non-hydrogen) atoms. The first-order chi connectivity index (χ1) is 12.1. The van der Waals surface area contributed by atoms with Crippen LogP contribution in [0.25, 0.3) is 0 Å². The summed E-state index contributed by atoms with van der Waals surface area (Å²) < 4.78 is 35.2. The van der Waals surface area contributed by atoms with Gasteiger partial charge in [-0.15, -0.1) is 8.78 Å². The van der Waals surface area contributed by atoms with Crippen LogP contribution in [0.15, 0.2) is 29.1 Å². The highest BCUT2D eigenvalue weighted by Gasteiger charge is 2.43. The molecule has 2 N–H and O–H groups in total. The quantitative estimate of drug-likeness (QED) is 0.868. The largest absolute Gasteiger partial charge is 0.586 e. The lowest BCUT2D eigenvalue weighted by Gasteiger charge is -2.23. The van der Waals surface area contributed by atoms with Gasteiger partial charge in [-0.25, -0.2) is 4.98 Å². The highest BCUT2D eigenvalue weighted by atomic mass is 19.3. The third kappa shape index (κ3) is 3.66. The Morgan fingerprint density at radius 2 is 1.92 bits per heavy atom. The first-order valence-electron chi connectivity index (χ1n) is 7.93. The van der Waals surface area contributed by atoms with Crippen LogP contribution in [-0.4, -0.2) is 22.2 Å². The van der Waals surface area contributed by atoms with E-state index in [1.165, 1.54) is 12.1 Å². The molecule has 0 unspecified atom stereocenters. The summed E-state index contributed by atoms with van der Waals surface area (Å²) in [6.07, 6.45) is -3.70. The second-order valence-electron chi connectivity index (χ2n) is 6.28. The Morgan fingerprint density at radius 1 is 1.23 bits per heavy atom. The summed E-state index contributed by atoms with van der Waals surface area (Å²) in [6.45, 7) is 5.29. The number of carbonyl (C=O) groups is 1. The predicted molar refractivity (Wildman–Crippen MR) is 87.3 cm³/mol. The molecule has 1 aromatic carbocycles. The number of H-pyrrole nitrogens is 1. The smallest absolute Gasteiger partial charge is 0.395 e. The number of alkyl halides is 2. The third-order valence-electron chi connectivity index (χ3n) is 3.83. The number of aromatic amines is 1. The Bertz CT molecular complexity index is 911. The molecule has 0 aliphatic carbocycles. The van der Waals surface area contributed by atoms with E-state index in [0.29, 0.717) is 11.4 Å². The SMILES string of the molecule is Cc1nc(C(=O)N[C@@H](c2ccc3c(c2)OC(F)(F)O3)C(C)C)cc(=O)[nH]1. The van der Waals surface area contributed by atoms with Crippen molar-refractivity contribution in [2.45, 2.75) is 33.1 Å². The van der Waals surface area contributed by atoms with Gasteiger partial charge in [-0.3, -0.25) is 9.59 Å². The van der Waals surface area contributed by atoms with E-state index in [1.807, 2.05) is 13.8 Å². The van der Waals surface area contributed by atoms with Crippen molar-refractivity contribution >= 4 is 5.91 Å². The van der Waals surface area contributed by atoms with Crippen LogP contribution in [0.1, 0.15) is 41.8 Å². The van der Waals surface area contributed by atoms with Gasteiger partial charge in [0.25, 0.3) is 11.5 Å². The summed E-state index contributed by atoms with van der Waals surface area (Å²) in [5, 5.41) is 2.78. The number of nitrogens with zero attached hydrogens (tertiary/aromatic N) is 1. The fourth-order valence-electron chi connectivity index (χ4n) is 2.70. The maximum Gasteiger partial charge on any atom is 0.586 e. The molecule has 2 aromatic rings. The van der Waals surface area contributed by atoms with Gasteiger partial charge in [-0.2, -0.15) is 0 Å². The van der Waals surface area contributed by atoms with Gasteiger partial charge in [0, 0.05) is 6.07 Å². The van der Waals surface area contributed by atoms with E-state index in [1.54, 1.807) is 13.0 Å². The zero-order chi connectivity index (χ0) is 19.1. The number of aryl methyl sites for hydroxylation is 1. The van der Waals surface area contributed by atoms with Crippen molar-refractivity contribution in [1.29, 1.82) is 0 Å². The second-order valence-corrected chi connectivity index (χ2v) is 6.28. The maximum atomic E-state index is 13.2. The van der Waals surface area contributed by atoms with Crippen LogP contribution in [0.5, 0.6) is 11.5 Å². The van der Waals surface area contributed by atoms with E-state index >= 15 is 0 Å². The molecule has 3 rings (SSSR count). The number of hydrogen-bond donors (Lipinski definition) is 2. The Balaban J connectivity index is 1.87. The fraction of sp³-hybridized carbons (Fsp3) is 0.353. The van der Waals surface area contributed by atoms with E-state index in [-0.39, 0.29) is 23.1 Å². The molecule has 1 aromatic heterocycles. The average molecular weight is 365 g/mol. The van der Waals surface area contributed by atoms with E-state index < -0.39 is 23.8 Å². The number of ether oxygens (including phenoxy) is 2. The molecular formula is C17H17F2N3O4. The summed E-state index contributed by atoms with van der Waals surface area (Å²) >= 11 is 0. The Labute approximate surface area is 147 Å². The number of nitrogens with one attached hydrogen (secondary N) is 2. The average Bonchev–Trinajstić information content (AvgIpc) is 2.83. The van der Waals surface area contributed by atoms with Gasteiger partial charge in [-0.1, -0.05) is 19.9 Å². The van der Waals surface area contributed by atoms with Crippen LogP contribution in [0.4, 0.5) is 8.78 Å². The minimum absolute atomic E-state index is 0.0239. The van der Waals surface area contributed by atoms with Crippen molar-refractivity contribution < 1.29 is 23.0 Å². The van der Waals surface area contributed by atoms with Crippen molar-refractivity contribution in [3.8, 4) is 11.5 Å². The lowest BCUT2D eigenvalue weighted by Crippen LogP contribution is -2.33. The number of benzene rings is 1. The number of aromatic nitrogens is 2. The van der Waals surface area contributed by atoms with Gasteiger partial charge in [0.05, 0.1) is 6.04 Å². The van der Waals surface area contributed by atoms with Crippen LogP contribution in [0, 0.1) is 12.8 Å². The molecule has 1 amide bonds. The summed E-state index contributed by atoms with van der Waals surface area (Å²) in [5.41, 5.74) is 0.105. The van der Waals surface area contributed by atoms with E-state index in [0.717, 1.165) is 6.07 Å². The number of halogens is 2. The number of hydrogen-bond acceptors (Lipinski definition) is 5. The summed E-state index contributed by atoms with van der Waals surface area (Å²) in [6, 6.07) is 4.93. The van der Waals surface area contributed by atoms with Crippen LogP contribution < -0.4 is 20.3 Å². The van der Waals surface area contributed by atoms with Gasteiger partial charge in [-0.05, 0) is 30.5 Å². The molecule has 9 heteroatoms.